The van der Waals surface area contributed by atoms with Gasteiger partial charge < -0.3 is 9.64 Å². The first kappa shape index (κ1) is 24.5. The van der Waals surface area contributed by atoms with Crippen molar-refractivity contribution in [2.24, 2.45) is 0 Å². The van der Waals surface area contributed by atoms with Gasteiger partial charge in [0.05, 0.1) is 17.6 Å². The third kappa shape index (κ3) is 7.78. The Labute approximate surface area is 175 Å². The number of Topliss-reactive ketones (excluding diaryl/α,β-unsaturated/α-hetero) is 1. The van der Waals surface area contributed by atoms with Crippen LogP contribution in [0.25, 0.3) is 11.1 Å². The van der Waals surface area contributed by atoms with E-state index in [2.05, 4.69) is 31.9 Å². The Hall–Kier alpha value is -2.53. The second kappa shape index (κ2) is 12.8. The van der Waals surface area contributed by atoms with E-state index in [4.69, 9.17) is 14.7 Å². The van der Waals surface area contributed by atoms with Crippen LogP contribution in [0.2, 0.25) is 0 Å². The van der Waals surface area contributed by atoms with Gasteiger partial charge in [-0.25, -0.2) is 4.98 Å². The molecule has 158 valence electrons. The van der Waals surface area contributed by atoms with Crippen molar-refractivity contribution in [3.63, 3.8) is 0 Å². The highest BCUT2D eigenvalue weighted by Gasteiger charge is 2.17. The predicted molar refractivity (Wildman–Crippen MR) is 123 cm³/mol. The average Bonchev–Trinajstić information content (AvgIpc) is 2.70. The first-order chi connectivity index (χ1) is 13.8. The molecule has 0 atom stereocenters. The number of unbranched alkanes of at least 4 members (excludes halogenated alkanes) is 1. The predicted octanol–water partition coefficient (Wildman–Crippen LogP) is 5.26. The van der Waals surface area contributed by atoms with Crippen molar-refractivity contribution in [2.45, 2.75) is 53.5 Å². The Morgan fingerprint density at radius 3 is 2.52 bits per heavy atom. The van der Waals surface area contributed by atoms with Crippen LogP contribution in [-0.4, -0.2) is 41.6 Å². The maximum Gasteiger partial charge on any atom is 0.155 e. The van der Waals surface area contributed by atoms with Crippen LogP contribution in [0, 0.1) is 0 Å². The summed E-state index contributed by atoms with van der Waals surface area (Å²) in [5.74, 6) is 0.909. The second-order valence-electron chi connectivity index (χ2n) is 7.21. The molecule has 0 aliphatic heterocycles. The van der Waals surface area contributed by atoms with E-state index in [0.717, 1.165) is 47.7 Å². The van der Waals surface area contributed by atoms with Crippen molar-refractivity contribution in [2.75, 3.05) is 24.7 Å². The molecule has 1 heterocycles. The molecule has 0 unspecified atom stereocenters. The summed E-state index contributed by atoms with van der Waals surface area (Å²) < 4.78 is 5.36. The van der Waals surface area contributed by atoms with E-state index >= 15 is 0 Å². The molecular formula is C24H35N3O2. The number of allylic oxidation sites excluding steroid dienone is 6. The highest BCUT2D eigenvalue weighted by atomic mass is 16.5. The zero-order chi connectivity index (χ0) is 21.8. The lowest BCUT2D eigenvalue weighted by molar-refractivity contribution is -0.121. The summed E-state index contributed by atoms with van der Waals surface area (Å²) in [7, 11) is 0. The van der Waals surface area contributed by atoms with Crippen LogP contribution in [0.4, 0.5) is 5.82 Å². The molecule has 0 radical (unpaired) electrons. The fourth-order valence-electron chi connectivity index (χ4n) is 2.85. The van der Waals surface area contributed by atoms with Crippen molar-refractivity contribution < 1.29 is 9.53 Å². The number of carbonyl (C=O) groups is 1. The van der Waals surface area contributed by atoms with Crippen LogP contribution in [0.15, 0.2) is 43.7 Å². The van der Waals surface area contributed by atoms with Crippen LogP contribution < -0.4 is 4.90 Å². The minimum atomic E-state index is 0.0560. The number of ketones is 1. The van der Waals surface area contributed by atoms with Crippen LogP contribution in [0.1, 0.15) is 58.8 Å². The largest absolute Gasteiger partial charge is 0.374 e. The SMILES string of the molecule is C=C/C=C(\C=C)c1ncc(N(CCCCOCC(C)=O)C(C)C)nc1/C(C)=C/C. The van der Waals surface area contributed by atoms with Crippen LogP contribution in [0.5, 0.6) is 0 Å². The molecule has 29 heavy (non-hydrogen) atoms. The molecular weight excluding hydrogens is 362 g/mol. The summed E-state index contributed by atoms with van der Waals surface area (Å²) >= 11 is 0. The van der Waals surface area contributed by atoms with E-state index in [1.807, 2.05) is 32.2 Å². The number of hydrogen-bond acceptors (Lipinski definition) is 5. The number of anilines is 1. The quantitative estimate of drug-likeness (QED) is 0.336. The lowest BCUT2D eigenvalue weighted by Gasteiger charge is -2.28. The van der Waals surface area contributed by atoms with Crippen molar-refractivity contribution in [1.29, 1.82) is 0 Å². The molecule has 1 aromatic heterocycles. The molecule has 0 fully saturated rings. The fraction of sp³-hybridized carbons (Fsp3) is 0.458. The highest BCUT2D eigenvalue weighted by Crippen LogP contribution is 2.26. The number of carbonyl (C=O) groups excluding carboxylic acids is 1. The van der Waals surface area contributed by atoms with E-state index in [1.54, 1.807) is 12.2 Å². The van der Waals surface area contributed by atoms with Crippen LogP contribution in [-0.2, 0) is 9.53 Å². The average molecular weight is 398 g/mol. The monoisotopic (exact) mass is 397 g/mol. The van der Waals surface area contributed by atoms with Gasteiger partial charge in [-0.2, -0.15) is 0 Å². The molecule has 0 spiro atoms. The van der Waals surface area contributed by atoms with Crippen LogP contribution in [0.3, 0.4) is 0 Å². The molecule has 0 saturated heterocycles. The molecule has 1 aromatic rings. The van der Waals surface area contributed by atoms with E-state index < -0.39 is 0 Å². The van der Waals surface area contributed by atoms with Gasteiger partial charge in [-0.1, -0.05) is 37.5 Å². The topological polar surface area (TPSA) is 55.3 Å². The lowest BCUT2D eigenvalue weighted by Crippen LogP contribution is -2.33. The molecule has 0 bridgehead atoms. The van der Waals surface area contributed by atoms with Gasteiger partial charge in [0.2, 0.25) is 0 Å². The summed E-state index contributed by atoms with van der Waals surface area (Å²) in [5, 5.41) is 0. The molecule has 5 heteroatoms. The van der Waals surface area contributed by atoms with Crippen LogP contribution >= 0.6 is 0 Å². The van der Waals surface area contributed by atoms with Gasteiger partial charge in [-0.15, -0.1) is 0 Å². The number of hydrogen-bond donors (Lipinski definition) is 0. The molecule has 0 amide bonds. The number of aromatic nitrogens is 2. The lowest BCUT2D eigenvalue weighted by atomic mass is 10.0. The maximum atomic E-state index is 10.9. The standard InChI is InChI=1S/C24H35N3O2/c1-8-13-21(10-3)24-23(19(6)9-2)26-22(16-25-24)27(18(4)5)14-11-12-15-29-17-20(7)28/h8-10,13,16,18H,1,3,11-12,14-15,17H2,2,4-7H3/b19-9+,21-13+. The molecule has 5 nitrogen and oxygen atoms in total. The normalized spacial score (nSPS) is 12.2. The molecule has 0 aliphatic rings. The summed E-state index contributed by atoms with van der Waals surface area (Å²) in [4.78, 5) is 22.9. The fourth-order valence-corrected chi connectivity index (χ4v) is 2.85. The van der Waals surface area contributed by atoms with Gasteiger partial charge in [0, 0.05) is 24.8 Å². The van der Waals surface area contributed by atoms with Crippen molar-refractivity contribution in [1.82, 2.24) is 9.97 Å². The molecule has 0 aliphatic carbocycles. The van der Waals surface area contributed by atoms with Crippen molar-refractivity contribution >= 4 is 22.7 Å². The van der Waals surface area contributed by atoms with E-state index in [1.165, 1.54) is 6.92 Å². The number of nitrogens with zero attached hydrogens (tertiary/aromatic N) is 3. The summed E-state index contributed by atoms with van der Waals surface area (Å²) in [6, 6.07) is 0.287. The first-order valence-electron chi connectivity index (χ1n) is 10.1. The molecule has 0 aromatic carbocycles. The minimum Gasteiger partial charge on any atom is -0.374 e. The molecule has 0 N–H and O–H groups in total. The Morgan fingerprint density at radius 1 is 1.24 bits per heavy atom. The summed E-state index contributed by atoms with van der Waals surface area (Å²) in [6.45, 7) is 19.2. The third-order valence-electron chi connectivity index (χ3n) is 4.52. The Bertz CT molecular complexity index is 763. The summed E-state index contributed by atoms with van der Waals surface area (Å²) in [6.07, 6.45) is 11.1. The van der Waals surface area contributed by atoms with Gasteiger partial charge in [-0.3, -0.25) is 9.78 Å². The van der Waals surface area contributed by atoms with Crippen molar-refractivity contribution in [3.8, 4) is 0 Å². The highest BCUT2D eigenvalue weighted by molar-refractivity contribution is 5.80. The molecule has 1 rings (SSSR count). The first-order valence-corrected chi connectivity index (χ1v) is 10.1. The van der Waals surface area contributed by atoms with Gasteiger partial charge >= 0.3 is 0 Å². The second-order valence-corrected chi connectivity index (χ2v) is 7.21. The van der Waals surface area contributed by atoms with Crippen molar-refractivity contribution in [3.05, 3.63) is 55.0 Å². The van der Waals surface area contributed by atoms with Gasteiger partial charge in [0.1, 0.15) is 12.4 Å². The zero-order valence-corrected chi connectivity index (χ0v) is 18.6. The van der Waals surface area contributed by atoms with Gasteiger partial charge in [0.25, 0.3) is 0 Å². The third-order valence-corrected chi connectivity index (χ3v) is 4.52. The number of rotatable bonds is 13. The van der Waals surface area contributed by atoms with E-state index in [0.29, 0.717) is 6.61 Å². The Morgan fingerprint density at radius 2 is 1.97 bits per heavy atom. The van der Waals surface area contributed by atoms with Gasteiger partial charge in [-0.05, 0) is 53.0 Å². The molecule has 0 saturated carbocycles. The van der Waals surface area contributed by atoms with E-state index in [-0.39, 0.29) is 18.4 Å². The van der Waals surface area contributed by atoms with Gasteiger partial charge in [0.15, 0.2) is 5.78 Å². The Kier molecular flexibility index (Phi) is 10.8. The van der Waals surface area contributed by atoms with E-state index in [9.17, 15) is 4.79 Å². The zero-order valence-electron chi connectivity index (χ0n) is 18.6. The summed E-state index contributed by atoms with van der Waals surface area (Å²) in [5.41, 5.74) is 3.62. The maximum absolute atomic E-state index is 10.9. The Balaban J connectivity index is 3.06. The smallest absolute Gasteiger partial charge is 0.155 e. The number of ether oxygens (including phenoxy) is 1. The minimum absolute atomic E-state index is 0.0560.